The maximum absolute atomic E-state index is 12.5. The number of nitrogens with zero attached hydrogens (tertiary/aromatic N) is 5. The molecule has 0 saturated carbocycles. The number of amides is 1. The largest absolute Gasteiger partial charge is 0.356 e. The van der Waals surface area contributed by atoms with E-state index in [1.54, 1.807) is 6.20 Å². The van der Waals surface area contributed by atoms with Crippen molar-refractivity contribution in [2.24, 2.45) is 5.41 Å². The van der Waals surface area contributed by atoms with Gasteiger partial charge >= 0.3 is 0 Å². The van der Waals surface area contributed by atoms with E-state index in [-0.39, 0.29) is 11.3 Å². The number of piperidine rings is 2. The van der Waals surface area contributed by atoms with Crippen molar-refractivity contribution in [1.82, 2.24) is 19.9 Å². The number of hydrogen-bond donors (Lipinski definition) is 0. The molecule has 2 fully saturated rings. The lowest BCUT2D eigenvalue weighted by atomic mass is 9.73. The van der Waals surface area contributed by atoms with Crippen LogP contribution in [0.4, 0.5) is 5.82 Å². The van der Waals surface area contributed by atoms with Gasteiger partial charge in [-0.2, -0.15) is 0 Å². The number of likely N-dealkylation sites (tertiary alicyclic amines) is 1. The van der Waals surface area contributed by atoms with E-state index in [1.165, 1.54) is 6.42 Å². The van der Waals surface area contributed by atoms with E-state index in [9.17, 15) is 4.79 Å². The minimum absolute atomic E-state index is 0.153. The molecule has 6 heteroatoms. The van der Waals surface area contributed by atoms with Gasteiger partial charge in [0.2, 0.25) is 5.91 Å². The van der Waals surface area contributed by atoms with Crippen LogP contribution in [0.15, 0.2) is 36.7 Å². The number of rotatable bonds is 3. The van der Waals surface area contributed by atoms with Gasteiger partial charge in [0, 0.05) is 43.9 Å². The highest BCUT2D eigenvalue weighted by molar-refractivity contribution is 5.77. The minimum Gasteiger partial charge on any atom is -0.356 e. The van der Waals surface area contributed by atoms with Crippen molar-refractivity contribution in [2.75, 3.05) is 24.5 Å². The van der Waals surface area contributed by atoms with Gasteiger partial charge in [0.25, 0.3) is 0 Å². The lowest BCUT2D eigenvalue weighted by molar-refractivity contribution is -0.138. The number of carbonyl (C=O) groups excluding carboxylic acids is 1. The fourth-order valence-corrected chi connectivity index (χ4v) is 4.29. The average molecular weight is 351 g/mol. The number of pyridine rings is 1. The second-order valence-electron chi connectivity index (χ2n) is 7.56. The Morgan fingerprint density at radius 2 is 2.04 bits per heavy atom. The van der Waals surface area contributed by atoms with Crippen molar-refractivity contribution in [2.45, 2.75) is 39.2 Å². The topological polar surface area (TPSA) is 62.2 Å². The van der Waals surface area contributed by atoms with Crippen molar-refractivity contribution in [3.8, 4) is 0 Å². The lowest BCUT2D eigenvalue weighted by Crippen LogP contribution is -2.54. The standard InChI is InChI=1S/C20H25N5O/c1-16-21-11-7-18(23-16)24-12-4-8-20(14-24)9-6-19(26)25(15-20)13-17-5-2-3-10-22-17/h2-3,5,7,10-11H,4,6,8-9,12-15H2,1H3/t20-/m0/s1. The molecule has 1 spiro atoms. The van der Waals surface area contributed by atoms with Gasteiger partial charge in [0.15, 0.2) is 0 Å². The van der Waals surface area contributed by atoms with Gasteiger partial charge in [0.05, 0.1) is 12.2 Å². The van der Waals surface area contributed by atoms with Crippen LogP contribution in [-0.4, -0.2) is 45.4 Å². The first-order chi connectivity index (χ1) is 12.6. The molecule has 4 rings (SSSR count). The third-order valence-electron chi connectivity index (χ3n) is 5.57. The molecule has 1 amide bonds. The second kappa shape index (κ2) is 7.02. The Kier molecular flexibility index (Phi) is 4.57. The summed E-state index contributed by atoms with van der Waals surface area (Å²) in [5.41, 5.74) is 1.11. The van der Waals surface area contributed by atoms with Crippen molar-refractivity contribution < 1.29 is 4.79 Å². The van der Waals surface area contributed by atoms with E-state index in [1.807, 2.05) is 42.3 Å². The van der Waals surface area contributed by atoms with Gasteiger partial charge in [0.1, 0.15) is 11.6 Å². The average Bonchev–Trinajstić information content (AvgIpc) is 2.66. The van der Waals surface area contributed by atoms with Crippen LogP contribution in [0.1, 0.15) is 37.2 Å². The number of carbonyl (C=O) groups is 1. The molecule has 4 heterocycles. The Morgan fingerprint density at radius 1 is 1.12 bits per heavy atom. The Morgan fingerprint density at radius 3 is 2.85 bits per heavy atom. The third-order valence-corrected chi connectivity index (χ3v) is 5.57. The van der Waals surface area contributed by atoms with Gasteiger partial charge in [-0.1, -0.05) is 6.07 Å². The monoisotopic (exact) mass is 351 g/mol. The molecule has 0 radical (unpaired) electrons. The van der Waals surface area contributed by atoms with Crippen LogP contribution in [0.5, 0.6) is 0 Å². The van der Waals surface area contributed by atoms with Crippen LogP contribution in [0.25, 0.3) is 0 Å². The number of anilines is 1. The van der Waals surface area contributed by atoms with Gasteiger partial charge in [-0.3, -0.25) is 9.78 Å². The molecule has 0 aromatic carbocycles. The Hall–Kier alpha value is -2.50. The number of aromatic nitrogens is 3. The highest BCUT2D eigenvalue weighted by atomic mass is 16.2. The Bertz CT molecular complexity index is 781. The summed E-state index contributed by atoms with van der Waals surface area (Å²) in [6.07, 6.45) is 7.51. The minimum atomic E-state index is 0.153. The fraction of sp³-hybridized carbons (Fsp3) is 0.500. The van der Waals surface area contributed by atoms with Crippen molar-refractivity contribution in [3.63, 3.8) is 0 Å². The van der Waals surface area contributed by atoms with Gasteiger partial charge in [-0.05, 0) is 44.4 Å². The molecule has 26 heavy (non-hydrogen) atoms. The number of hydrogen-bond acceptors (Lipinski definition) is 5. The zero-order valence-corrected chi connectivity index (χ0v) is 15.3. The maximum Gasteiger partial charge on any atom is 0.222 e. The quantitative estimate of drug-likeness (QED) is 0.850. The number of aryl methyl sites for hydroxylation is 1. The maximum atomic E-state index is 12.5. The molecule has 2 saturated heterocycles. The molecule has 136 valence electrons. The predicted molar refractivity (Wildman–Crippen MR) is 99.5 cm³/mol. The normalized spacial score (nSPS) is 23.5. The fourth-order valence-electron chi connectivity index (χ4n) is 4.29. The molecule has 2 aromatic rings. The summed E-state index contributed by atoms with van der Waals surface area (Å²) in [6.45, 7) is 5.32. The Labute approximate surface area is 154 Å². The molecule has 2 aromatic heterocycles. The molecule has 2 aliphatic rings. The zero-order valence-electron chi connectivity index (χ0n) is 15.3. The van der Waals surface area contributed by atoms with E-state index in [2.05, 4.69) is 19.9 Å². The Balaban J connectivity index is 1.51. The molecule has 0 N–H and O–H groups in total. The lowest BCUT2D eigenvalue weighted by Gasteiger charge is -2.48. The highest BCUT2D eigenvalue weighted by Crippen LogP contribution is 2.40. The van der Waals surface area contributed by atoms with Crippen LogP contribution >= 0.6 is 0 Å². The van der Waals surface area contributed by atoms with E-state index < -0.39 is 0 Å². The van der Waals surface area contributed by atoms with E-state index >= 15 is 0 Å². The molecular formula is C20H25N5O. The molecule has 1 atom stereocenters. The molecule has 0 aliphatic carbocycles. The summed E-state index contributed by atoms with van der Waals surface area (Å²) in [5, 5.41) is 0. The first-order valence-electron chi connectivity index (χ1n) is 9.36. The zero-order chi connectivity index (χ0) is 18.0. The highest BCUT2D eigenvalue weighted by Gasteiger charge is 2.42. The molecule has 0 unspecified atom stereocenters. The van der Waals surface area contributed by atoms with E-state index in [4.69, 9.17) is 0 Å². The van der Waals surface area contributed by atoms with Gasteiger partial charge in [-0.15, -0.1) is 0 Å². The summed E-state index contributed by atoms with van der Waals surface area (Å²) in [6, 6.07) is 7.87. The van der Waals surface area contributed by atoms with Crippen molar-refractivity contribution >= 4 is 11.7 Å². The van der Waals surface area contributed by atoms with E-state index in [0.29, 0.717) is 13.0 Å². The summed E-state index contributed by atoms with van der Waals surface area (Å²) < 4.78 is 0. The summed E-state index contributed by atoms with van der Waals surface area (Å²) in [5.74, 6) is 2.05. The molecular weight excluding hydrogens is 326 g/mol. The first-order valence-corrected chi connectivity index (χ1v) is 9.36. The summed E-state index contributed by atoms with van der Waals surface area (Å²) >= 11 is 0. The summed E-state index contributed by atoms with van der Waals surface area (Å²) in [7, 11) is 0. The van der Waals surface area contributed by atoms with Crippen LogP contribution in [0, 0.1) is 12.3 Å². The second-order valence-corrected chi connectivity index (χ2v) is 7.56. The van der Waals surface area contributed by atoms with Gasteiger partial charge < -0.3 is 9.80 Å². The SMILES string of the molecule is Cc1nccc(N2CCC[C@]3(CCC(=O)N(Cc4ccccn4)C3)C2)n1. The van der Waals surface area contributed by atoms with Crippen LogP contribution in [-0.2, 0) is 11.3 Å². The summed E-state index contributed by atoms with van der Waals surface area (Å²) in [4.78, 5) is 30.1. The third kappa shape index (κ3) is 3.54. The van der Waals surface area contributed by atoms with Gasteiger partial charge in [-0.25, -0.2) is 9.97 Å². The van der Waals surface area contributed by atoms with E-state index in [0.717, 1.165) is 49.8 Å². The van der Waals surface area contributed by atoms with Crippen molar-refractivity contribution in [3.05, 3.63) is 48.2 Å². The molecule has 0 bridgehead atoms. The first kappa shape index (κ1) is 16.9. The smallest absolute Gasteiger partial charge is 0.222 e. The molecule has 6 nitrogen and oxygen atoms in total. The molecule has 2 aliphatic heterocycles. The predicted octanol–water partition coefficient (Wildman–Crippen LogP) is 2.59. The van der Waals surface area contributed by atoms with Crippen LogP contribution in [0.3, 0.4) is 0 Å². The van der Waals surface area contributed by atoms with Crippen LogP contribution < -0.4 is 4.90 Å². The van der Waals surface area contributed by atoms with Crippen molar-refractivity contribution in [1.29, 1.82) is 0 Å². The van der Waals surface area contributed by atoms with Crippen LogP contribution in [0.2, 0.25) is 0 Å².